The molecule has 0 saturated carbocycles. The summed E-state index contributed by atoms with van der Waals surface area (Å²) in [7, 11) is 0. The molecule has 84 valence electrons. The fourth-order valence-electron chi connectivity index (χ4n) is 1.62. The molecule has 3 rings (SSSR count). The van der Waals surface area contributed by atoms with Crippen LogP contribution < -0.4 is 5.73 Å². The van der Waals surface area contributed by atoms with Crippen molar-refractivity contribution in [3.63, 3.8) is 0 Å². The minimum atomic E-state index is 0.685. The summed E-state index contributed by atoms with van der Waals surface area (Å²) >= 11 is 1.63. The third-order valence-electron chi connectivity index (χ3n) is 2.42. The Balaban J connectivity index is 2.08. The van der Waals surface area contributed by atoms with Crippen molar-refractivity contribution in [3.05, 3.63) is 48.2 Å². The van der Waals surface area contributed by atoms with Gasteiger partial charge in [0, 0.05) is 12.4 Å². The lowest BCUT2D eigenvalue weighted by atomic mass is 10.3. The van der Waals surface area contributed by atoms with E-state index in [1.807, 2.05) is 35.8 Å². The van der Waals surface area contributed by atoms with Crippen molar-refractivity contribution < 1.29 is 0 Å². The molecule has 0 saturated heterocycles. The van der Waals surface area contributed by atoms with Crippen LogP contribution in [0.5, 0.6) is 0 Å². The maximum Gasteiger partial charge on any atom is 0.126 e. The second-order valence-electron chi connectivity index (χ2n) is 3.56. The van der Waals surface area contributed by atoms with E-state index >= 15 is 0 Å². The molecular formula is C12H10N4S. The predicted molar refractivity (Wildman–Crippen MR) is 69.1 cm³/mol. The summed E-state index contributed by atoms with van der Waals surface area (Å²) in [6, 6.07) is 7.79. The van der Waals surface area contributed by atoms with Crippen molar-refractivity contribution in [2.24, 2.45) is 0 Å². The molecule has 0 fully saturated rings. The van der Waals surface area contributed by atoms with E-state index in [-0.39, 0.29) is 0 Å². The highest BCUT2D eigenvalue weighted by Crippen LogP contribution is 2.28. The van der Waals surface area contributed by atoms with Crippen LogP contribution in [0.3, 0.4) is 0 Å². The second-order valence-corrected chi connectivity index (χ2v) is 4.51. The Labute approximate surface area is 102 Å². The molecule has 0 aromatic carbocycles. The van der Waals surface area contributed by atoms with Gasteiger partial charge in [0.15, 0.2) is 0 Å². The first-order valence-electron chi connectivity index (χ1n) is 5.14. The monoisotopic (exact) mass is 242 g/mol. The number of thiophene rings is 1. The summed E-state index contributed by atoms with van der Waals surface area (Å²) in [6.45, 7) is 0. The Morgan fingerprint density at radius 1 is 1.18 bits per heavy atom. The average molecular weight is 242 g/mol. The van der Waals surface area contributed by atoms with Crippen molar-refractivity contribution in [2.45, 2.75) is 0 Å². The van der Waals surface area contributed by atoms with Crippen molar-refractivity contribution in [1.82, 2.24) is 14.8 Å². The summed E-state index contributed by atoms with van der Waals surface area (Å²) in [4.78, 5) is 5.06. The number of hydrogen-bond acceptors (Lipinski definition) is 4. The van der Waals surface area contributed by atoms with E-state index in [0.29, 0.717) is 5.69 Å². The van der Waals surface area contributed by atoms with Crippen molar-refractivity contribution >= 4 is 17.0 Å². The van der Waals surface area contributed by atoms with Gasteiger partial charge < -0.3 is 5.73 Å². The van der Waals surface area contributed by atoms with Gasteiger partial charge >= 0.3 is 0 Å². The van der Waals surface area contributed by atoms with E-state index in [9.17, 15) is 0 Å². The van der Waals surface area contributed by atoms with E-state index in [1.165, 1.54) is 0 Å². The van der Waals surface area contributed by atoms with Crippen LogP contribution in [0.2, 0.25) is 0 Å². The zero-order valence-corrected chi connectivity index (χ0v) is 9.76. The molecular weight excluding hydrogens is 232 g/mol. The molecule has 0 amide bonds. The minimum Gasteiger partial charge on any atom is -0.396 e. The van der Waals surface area contributed by atoms with Crippen LogP contribution in [0, 0.1) is 0 Å². The van der Waals surface area contributed by atoms with Crippen LogP contribution >= 0.6 is 11.3 Å². The van der Waals surface area contributed by atoms with E-state index in [0.717, 1.165) is 16.3 Å². The predicted octanol–water partition coefficient (Wildman–Crippen LogP) is 2.58. The number of nitrogen functional groups attached to an aromatic ring is 1. The van der Waals surface area contributed by atoms with Gasteiger partial charge in [0.1, 0.15) is 5.69 Å². The number of anilines is 1. The van der Waals surface area contributed by atoms with Crippen LogP contribution in [0.15, 0.2) is 48.2 Å². The molecule has 17 heavy (non-hydrogen) atoms. The fourth-order valence-corrected chi connectivity index (χ4v) is 2.35. The lowest BCUT2D eigenvalue weighted by Crippen LogP contribution is -1.94. The van der Waals surface area contributed by atoms with Gasteiger partial charge in [-0.1, -0.05) is 6.07 Å². The maximum atomic E-state index is 5.98. The first-order chi connectivity index (χ1) is 8.34. The molecule has 0 aliphatic carbocycles. The van der Waals surface area contributed by atoms with Gasteiger partial charge in [-0.15, -0.1) is 11.3 Å². The molecule has 0 aliphatic rings. The summed E-state index contributed by atoms with van der Waals surface area (Å²) in [5.41, 5.74) is 8.45. The summed E-state index contributed by atoms with van der Waals surface area (Å²) in [5, 5.41) is 6.51. The number of nitrogens with two attached hydrogens (primary N) is 1. The number of pyridine rings is 1. The third kappa shape index (κ3) is 1.81. The molecule has 0 spiro atoms. The fraction of sp³-hybridized carbons (Fsp3) is 0. The standard InChI is InChI=1S/C12H10N4S/c13-10-8-16(9-3-5-14-6-4-9)15-12(10)11-2-1-7-17-11/h1-8H,13H2. The average Bonchev–Trinajstić information content (AvgIpc) is 2.99. The molecule has 0 bridgehead atoms. The highest BCUT2D eigenvalue weighted by molar-refractivity contribution is 7.13. The lowest BCUT2D eigenvalue weighted by Gasteiger charge is -1.98. The Morgan fingerprint density at radius 3 is 2.71 bits per heavy atom. The van der Waals surface area contributed by atoms with Gasteiger partial charge in [0.05, 0.1) is 22.4 Å². The quantitative estimate of drug-likeness (QED) is 0.751. The van der Waals surface area contributed by atoms with E-state index in [2.05, 4.69) is 10.1 Å². The molecule has 4 nitrogen and oxygen atoms in total. The van der Waals surface area contributed by atoms with Gasteiger partial charge in [0.2, 0.25) is 0 Å². The number of nitrogens with zero attached hydrogens (tertiary/aromatic N) is 3. The maximum absolute atomic E-state index is 5.98. The van der Waals surface area contributed by atoms with Gasteiger partial charge in [-0.05, 0) is 23.6 Å². The van der Waals surface area contributed by atoms with Crippen LogP contribution in [0.1, 0.15) is 0 Å². The normalized spacial score (nSPS) is 10.6. The SMILES string of the molecule is Nc1cn(-c2ccncc2)nc1-c1cccs1. The smallest absolute Gasteiger partial charge is 0.126 e. The van der Waals surface area contributed by atoms with Crippen LogP contribution in [0.4, 0.5) is 5.69 Å². The van der Waals surface area contributed by atoms with Gasteiger partial charge in [0.25, 0.3) is 0 Å². The van der Waals surface area contributed by atoms with Crippen molar-refractivity contribution in [2.75, 3.05) is 5.73 Å². The Morgan fingerprint density at radius 2 is 2.00 bits per heavy atom. The molecule has 3 heterocycles. The van der Waals surface area contributed by atoms with Crippen LogP contribution in [-0.2, 0) is 0 Å². The molecule has 5 heteroatoms. The Kier molecular flexibility index (Phi) is 2.38. The summed E-state index contributed by atoms with van der Waals surface area (Å²) in [6.07, 6.45) is 5.29. The molecule has 3 aromatic rings. The Bertz CT molecular complexity index is 613. The first kappa shape index (κ1) is 10.0. The molecule has 3 aromatic heterocycles. The summed E-state index contributed by atoms with van der Waals surface area (Å²) < 4.78 is 1.77. The number of rotatable bonds is 2. The first-order valence-corrected chi connectivity index (χ1v) is 6.02. The third-order valence-corrected chi connectivity index (χ3v) is 3.30. The van der Waals surface area contributed by atoms with Gasteiger partial charge in [-0.25, -0.2) is 4.68 Å². The number of aromatic nitrogens is 3. The van der Waals surface area contributed by atoms with Crippen molar-refractivity contribution in [1.29, 1.82) is 0 Å². The molecule has 0 unspecified atom stereocenters. The second kappa shape index (κ2) is 4.03. The van der Waals surface area contributed by atoms with Crippen LogP contribution in [-0.4, -0.2) is 14.8 Å². The lowest BCUT2D eigenvalue weighted by molar-refractivity contribution is 0.882. The van der Waals surface area contributed by atoms with Gasteiger partial charge in [-0.2, -0.15) is 5.10 Å². The zero-order valence-electron chi connectivity index (χ0n) is 8.95. The highest BCUT2D eigenvalue weighted by atomic mass is 32.1. The zero-order chi connectivity index (χ0) is 11.7. The topological polar surface area (TPSA) is 56.7 Å². The van der Waals surface area contributed by atoms with E-state index in [1.54, 1.807) is 28.4 Å². The van der Waals surface area contributed by atoms with E-state index in [4.69, 9.17) is 5.73 Å². The van der Waals surface area contributed by atoms with Crippen LogP contribution in [0.25, 0.3) is 16.3 Å². The minimum absolute atomic E-state index is 0.685. The largest absolute Gasteiger partial charge is 0.396 e. The molecule has 0 radical (unpaired) electrons. The highest BCUT2D eigenvalue weighted by Gasteiger charge is 2.09. The van der Waals surface area contributed by atoms with E-state index < -0.39 is 0 Å². The molecule has 2 N–H and O–H groups in total. The van der Waals surface area contributed by atoms with Gasteiger partial charge in [-0.3, -0.25) is 4.98 Å². The Hall–Kier alpha value is -2.14. The van der Waals surface area contributed by atoms with Crippen molar-refractivity contribution in [3.8, 4) is 16.3 Å². The summed E-state index contributed by atoms with van der Waals surface area (Å²) in [5.74, 6) is 0. The molecule has 0 atom stereocenters. The molecule has 0 aliphatic heterocycles. The number of hydrogen-bond donors (Lipinski definition) is 1.